The van der Waals surface area contributed by atoms with Gasteiger partial charge in [-0.1, -0.05) is 46.5 Å². The van der Waals surface area contributed by atoms with Crippen LogP contribution in [0.25, 0.3) is 0 Å². The van der Waals surface area contributed by atoms with E-state index in [0.29, 0.717) is 6.54 Å². The molecule has 4 heteroatoms. The molecule has 4 nitrogen and oxygen atoms in total. The monoisotopic (exact) mass is 245 g/mol. The molecule has 0 heterocycles. The number of aliphatic hydroxyl groups is 1. The lowest BCUT2D eigenvalue weighted by atomic mass is 10.0. The first kappa shape index (κ1) is 16.4. The highest BCUT2D eigenvalue weighted by molar-refractivity contribution is 5.73. The first-order valence-electron chi connectivity index (χ1n) is 6.63. The third-order valence-electron chi connectivity index (χ3n) is 2.90. The van der Waals surface area contributed by atoms with Crippen molar-refractivity contribution in [3.05, 3.63) is 0 Å². The molecule has 0 fully saturated rings. The SMILES string of the molecule is CCCCCCC(O)CNC(C(=O)O)C(C)C. The second-order valence-corrected chi connectivity index (χ2v) is 4.97. The number of unbranched alkanes of at least 4 members (excludes halogenated alkanes) is 3. The van der Waals surface area contributed by atoms with Crippen LogP contribution in [0.5, 0.6) is 0 Å². The topological polar surface area (TPSA) is 69.6 Å². The fraction of sp³-hybridized carbons (Fsp3) is 0.923. The summed E-state index contributed by atoms with van der Waals surface area (Å²) < 4.78 is 0. The Morgan fingerprint density at radius 3 is 2.35 bits per heavy atom. The first-order chi connectivity index (χ1) is 7.99. The van der Waals surface area contributed by atoms with Crippen LogP contribution in [0.3, 0.4) is 0 Å². The number of carboxylic acids is 1. The Morgan fingerprint density at radius 1 is 1.24 bits per heavy atom. The molecule has 0 aliphatic heterocycles. The maximum Gasteiger partial charge on any atom is 0.320 e. The van der Waals surface area contributed by atoms with Gasteiger partial charge in [0.05, 0.1) is 6.10 Å². The maximum atomic E-state index is 10.9. The number of aliphatic carboxylic acids is 1. The zero-order valence-electron chi connectivity index (χ0n) is 11.3. The summed E-state index contributed by atoms with van der Waals surface area (Å²) in [5, 5.41) is 21.6. The number of aliphatic hydroxyl groups excluding tert-OH is 1. The Bertz CT molecular complexity index is 207. The van der Waals surface area contributed by atoms with Crippen LogP contribution in [0.1, 0.15) is 52.9 Å². The smallest absolute Gasteiger partial charge is 0.320 e. The molecule has 17 heavy (non-hydrogen) atoms. The minimum Gasteiger partial charge on any atom is -0.480 e. The van der Waals surface area contributed by atoms with Gasteiger partial charge in [0.2, 0.25) is 0 Å². The summed E-state index contributed by atoms with van der Waals surface area (Å²) in [7, 11) is 0. The largest absolute Gasteiger partial charge is 0.480 e. The van der Waals surface area contributed by atoms with E-state index in [2.05, 4.69) is 12.2 Å². The minimum atomic E-state index is -0.849. The van der Waals surface area contributed by atoms with Crippen LogP contribution in [-0.4, -0.2) is 34.9 Å². The van der Waals surface area contributed by atoms with Gasteiger partial charge >= 0.3 is 5.97 Å². The number of hydrogen-bond acceptors (Lipinski definition) is 3. The van der Waals surface area contributed by atoms with Gasteiger partial charge in [-0.15, -0.1) is 0 Å². The summed E-state index contributed by atoms with van der Waals surface area (Å²) >= 11 is 0. The van der Waals surface area contributed by atoms with Crippen LogP contribution >= 0.6 is 0 Å². The number of nitrogens with one attached hydrogen (secondary N) is 1. The number of carbonyl (C=O) groups is 1. The Morgan fingerprint density at radius 2 is 1.88 bits per heavy atom. The zero-order chi connectivity index (χ0) is 13.3. The predicted molar refractivity (Wildman–Crippen MR) is 69.0 cm³/mol. The molecular formula is C13H27NO3. The molecule has 2 unspecified atom stereocenters. The molecule has 0 saturated heterocycles. The molecular weight excluding hydrogens is 218 g/mol. The Hall–Kier alpha value is -0.610. The van der Waals surface area contributed by atoms with Crippen LogP contribution in [0.4, 0.5) is 0 Å². The van der Waals surface area contributed by atoms with E-state index in [9.17, 15) is 9.90 Å². The van der Waals surface area contributed by atoms with Gasteiger partial charge < -0.3 is 15.5 Å². The second kappa shape index (κ2) is 9.42. The lowest BCUT2D eigenvalue weighted by molar-refractivity contribution is -0.140. The van der Waals surface area contributed by atoms with Crippen molar-refractivity contribution in [3.8, 4) is 0 Å². The van der Waals surface area contributed by atoms with E-state index in [1.807, 2.05) is 13.8 Å². The van der Waals surface area contributed by atoms with Gasteiger partial charge in [0, 0.05) is 6.54 Å². The van der Waals surface area contributed by atoms with Crippen molar-refractivity contribution in [3.63, 3.8) is 0 Å². The van der Waals surface area contributed by atoms with Crippen molar-refractivity contribution < 1.29 is 15.0 Å². The van der Waals surface area contributed by atoms with Crippen molar-refractivity contribution in [2.75, 3.05) is 6.54 Å². The fourth-order valence-electron chi connectivity index (χ4n) is 1.78. The van der Waals surface area contributed by atoms with E-state index in [1.54, 1.807) is 0 Å². The molecule has 0 radical (unpaired) electrons. The van der Waals surface area contributed by atoms with E-state index in [0.717, 1.165) is 19.3 Å². The molecule has 2 atom stereocenters. The average Bonchev–Trinajstić information content (AvgIpc) is 2.23. The standard InChI is InChI=1S/C13H27NO3/c1-4-5-6-7-8-11(15)9-14-12(10(2)3)13(16)17/h10-12,14-15H,4-9H2,1-3H3,(H,16,17). The zero-order valence-corrected chi connectivity index (χ0v) is 11.3. The predicted octanol–water partition coefficient (Wildman–Crippen LogP) is 2.02. The molecule has 3 N–H and O–H groups in total. The average molecular weight is 245 g/mol. The van der Waals surface area contributed by atoms with Crippen molar-refractivity contribution in [2.24, 2.45) is 5.92 Å². The van der Waals surface area contributed by atoms with E-state index < -0.39 is 18.1 Å². The summed E-state index contributed by atoms with van der Waals surface area (Å²) in [6.07, 6.45) is 4.84. The highest BCUT2D eigenvalue weighted by Crippen LogP contribution is 2.06. The van der Waals surface area contributed by atoms with Gasteiger partial charge in [-0.05, 0) is 12.3 Å². The van der Waals surface area contributed by atoms with Gasteiger partial charge in [0.15, 0.2) is 0 Å². The molecule has 0 aromatic carbocycles. The van der Waals surface area contributed by atoms with Crippen LogP contribution in [0, 0.1) is 5.92 Å². The minimum absolute atomic E-state index is 0.0276. The van der Waals surface area contributed by atoms with E-state index in [4.69, 9.17) is 5.11 Å². The van der Waals surface area contributed by atoms with Crippen LogP contribution in [-0.2, 0) is 4.79 Å². The van der Waals surface area contributed by atoms with Crippen LogP contribution < -0.4 is 5.32 Å². The van der Waals surface area contributed by atoms with Gasteiger partial charge in [-0.3, -0.25) is 4.79 Å². The lowest BCUT2D eigenvalue weighted by Crippen LogP contribution is -2.44. The van der Waals surface area contributed by atoms with E-state index in [1.165, 1.54) is 12.8 Å². The number of carboxylic acid groups (broad SMARTS) is 1. The van der Waals surface area contributed by atoms with Gasteiger partial charge in [0.25, 0.3) is 0 Å². The summed E-state index contributed by atoms with van der Waals surface area (Å²) in [6, 6.07) is -0.569. The fourth-order valence-corrected chi connectivity index (χ4v) is 1.78. The third-order valence-corrected chi connectivity index (χ3v) is 2.90. The van der Waals surface area contributed by atoms with Crippen molar-refractivity contribution >= 4 is 5.97 Å². The highest BCUT2D eigenvalue weighted by atomic mass is 16.4. The quantitative estimate of drug-likeness (QED) is 0.515. The first-order valence-corrected chi connectivity index (χ1v) is 6.63. The molecule has 0 rings (SSSR count). The lowest BCUT2D eigenvalue weighted by Gasteiger charge is -2.20. The molecule has 0 aliphatic carbocycles. The van der Waals surface area contributed by atoms with Crippen LogP contribution in [0.15, 0.2) is 0 Å². The van der Waals surface area contributed by atoms with Gasteiger partial charge in [0.1, 0.15) is 6.04 Å². The highest BCUT2D eigenvalue weighted by Gasteiger charge is 2.21. The summed E-state index contributed by atoms with van der Waals surface area (Å²) in [6.45, 7) is 6.23. The Labute approximate surface area is 104 Å². The van der Waals surface area contributed by atoms with E-state index >= 15 is 0 Å². The normalized spacial score (nSPS) is 14.9. The van der Waals surface area contributed by atoms with Crippen LogP contribution in [0.2, 0.25) is 0 Å². The molecule has 102 valence electrons. The Balaban J connectivity index is 3.73. The van der Waals surface area contributed by atoms with Crippen molar-refractivity contribution in [2.45, 2.75) is 65.0 Å². The van der Waals surface area contributed by atoms with Crippen molar-refractivity contribution in [1.29, 1.82) is 0 Å². The molecule has 0 aromatic heterocycles. The molecule has 0 aliphatic rings. The summed E-state index contributed by atoms with van der Waals surface area (Å²) in [5.41, 5.74) is 0. The maximum absolute atomic E-state index is 10.9. The van der Waals surface area contributed by atoms with Crippen molar-refractivity contribution in [1.82, 2.24) is 5.32 Å². The molecule has 0 saturated carbocycles. The van der Waals surface area contributed by atoms with Gasteiger partial charge in [-0.2, -0.15) is 0 Å². The second-order valence-electron chi connectivity index (χ2n) is 4.97. The van der Waals surface area contributed by atoms with E-state index in [-0.39, 0.29) is 5.92 Å². The third kappa shape index (κ3) is 8.16. The van der Waals surface area contributed by atoms with Gasteiger partial charge in [-0.25, -0.2) is 0 Å². The Kier molecular flexibility index (Phi) is 9.09. The summed E-state index contributed by atoms with van der Waals surface area (Å²) in [4.78, 5) is 10.9. The number of rotatable bonds is 10. The number of hydrogen-bond donors (Lipinski definition) is 3. The molecule has 0 aromatic rings. The molecule has 0 spiro atoms. The summed E-state index contributed by atoms with van der Waals surface area (Å²) in [5.74, 6) is -0.821. The molecule has 0 amide bonds. The molecule has 0 bridgehead atoms.